The maximum Gasteiger partial charge on any atom is 0.329 e. The van der Waals surface area contributed by atoms with E-state index in [1.165, 1.54) is 32.1 Å². The van der Waals surface area contributed by atoms with Gasteiger partial charge in [-0.2, -0.15) is 25.3 Å². The normalized spacial score (nSPS) is 15.7. The molecule has 0 bridgehead atoms. The zero-order valence-corrected chi connectivity index (χ0v) is 16.9. The summed E-state index contributed by atoms with van der Waals surface area (Å²) in [7, 11) is -1.74. The molecule has 0 heterocycles. The minimum atomic E-state index is -1.74. The average molecular weight is 371 g/mol. The molecule has 0 spiro atoms. The van der Waals surface area contributed by atoms with Gasteiger partial charge >= 0.3 is 8.60 Å². The summed E-state index contributed by atoms with van der Waals surface area (Å²) < 4.78 is 10.7. The summed E-state index contributed by atoms with van der Waals surface area (Å²) in [6, 6.07) is 0. The first-order valence-corrected chi connectivity index (χ1v) is 10.9. The second-order valence-electron chi connectivity index (χ2n) is 5.81. The van der Waals surface area contributed by atoms with Gasteiger partial charge in [0.2, 0.25) is 0 Å². The summed E-state index contributed by atoms with van der Waals surface area (Å²) in [6.07, 6.45) is 11.6. The van der Waals surface area contributed by atoms with Crippen LogP contribution >= 0.6 is 33.9 Å². The Labute approximate surface area is 149 Å². The minimum Gasteiger partial charge on any atom is -0.328 e. The molecule has 0 aromatic heterocycles. The van der Waals surface area contributed by atoms with E-state index in [0.29, 0.717) is 18.5 Å². The number of hydrogen-bond donors (Lipinski definition) is 3. The summed E-state index contributed by atoms with van der Waals surface area (Å²) in [4.78, 5) is 9.67. The standard InChI is InChI=1S/C16H35O3PS2/c1-3-5-6-7-8-9-13-18-20(17)19-14-16(22)12-11-15(21)10-4-2/h15-17,21-22H,3-14H2,1-2H3. The quantitative estimate of drug-likeness (QED) is 0.183. The van der Waals surface area contributed by atoms with Gasteiger partial charge in [-0.25, -0.2) is 0 Å². The molecule has 0 aliphatic carbocycles. The van der Waals surface area contributed by atoms with E-state index in [0.717, 1.165) is 32.1 Å². The first-order valence-electron chi connectivity index (χ1n) is 8.71. The highest BCUT2D eigenvalue weighted by atomic mass is 32.1. The molecule has 0 amide bonds. The first kappa shape index (κ1) is 23.0. The Morgan fingerprint density at radius 3 is 2.14 bits per heavy atom. The highest BCUT2D eigenvalue weighted by molar-refractivity contribution is 7.81. The Morgan fingerprint density at radius 2 is 1.45 bits per heavy atom. The van der Waals surface area contributed by atoms with Crippen molar-refractivity contribution in [3.63, 3.8) is 0 Å². The van der Waals surface area contributed by atoms with Crippen LogP contribution in [-0.4, -0.2) is 28.6 Å². The van der Waals surface area contributed by atoms with Crippen molar-refractivity contribution in [1.29, 1.82) is 0 Å². The van der Waals surface area contributed by atoms with Gasteiger partial charge in [0, 0.05) is 10.5 Å². The fraction of sp³-hybridized carbons (Fsp3) is 1.00. The molecule has 0 aliphatic rings. The predicted octanol–water partition coefficient (Wildman–Crippen LogP) is 5.78. The Balaban J connectivity index is 3.42. The summed E-state index contributed by atoms with van der Waals surface area (Å²) in [5.74, 6) is 0. The Bertz CT molecular complexity index is 235. The van der Waals surface area contributed by atoms with Crippen molar-refractivity contribution >= 4 is 33.9 Å². The van der Waals surface area contributed by atoms with E-state index < -0.39 is 8.60 Å². The van der Waals surface area contributed by atoms with E-state index in [1.54, 1.807) is 0 Å². The van der Waals surface area contributed by atoms with Crippen molar-refractivity contribution in [3.8, 4) is 0 Å². The highest BCUT2D eigenvalue weighted by Gasteiger charge is 2.12. The number of hydrogen-bond acceptors (Lipinski definition) is 5. The molecule has 0 aromatic carbocycles. The minimum absolute atomic E-state index is 0.140. The highest BCUT2D eigenvalue weighted by Crippen LogP contribution is 2.34. The molecular formula is C16H35O3PS2. The van der Waals surface area contributed by atoms with E-state index in [4.69, 9.17) is 9.05 Å². The van der Waals surface area contributed by atoms with E-state index in [2.05, 4.69) is 39.1 Å². The summed E-state index contributed by atoms with van der Waals surface area (Å²) >= 11 is 9.03. The molecule has 1 N–H and O–H groups in total. The van der Waals surface area contributed by atoms with Crippen molar-refractivity contribution < 1.29 is 13.9 Å². The van der Waals surface area contributed by atoms with E-state index >= 15 is 0 Å². The molecule has 3 unspecified atom stereocenters. The summed E-state index contributed by atoms with van der Waals surface area (Å²) in [6.45, 7) is 5.41. The van der Waals surface area contributed by atoms with Gasteiger partial charge < -0.3 is 13.9 Å². The maximum atomic E-state index is 9.67. The molecule has 0 fully saturated rings. The molecule has 3 atom stereocenters. The smallest absolute Gasteiger partial charge is 0.328 e. The fourth-order valence-electron chi connectivity index (χ4n) is 2.16. The van der Waals surface area contributed by atoms with E-state index in [-0.39, 0.29) is 5.25 Å². The third-order valence-corrected chi connectivity index (χ3v) is 5.23. The molecule has 0 saturated heterocycles. The topological polar surface area (TPSA) is 38.7 Å². The van der Waals surface area contributed by atoms with Crippen LogP contribution in [0.3, 0.4) is 0 Å². The van der Waals surface area contributed by atoms with Gasteiger partial charge in [-0.3, -0.25) is 0 Å². The van der Waals surface area contributed by atoms with Gasteiger partial charge in [0.25, 0.3) is 0 Å². The van der Waals surface area contributed by atoms with Crippen LogP contribution in [0.1, 0.15) is 78.1 Å². The Hall–Kier alpha value is 1.01. The van der Waals surface area contributed by atoms with Gasteiger partial charge in [-0.15, -0.1) is 0 Å². The van der Waals surface area contributed by atoms with Crippen LogP contribution in [0.25, 0.3) is 0 Å². The van der Waals surface area contributed by atoms with Crippen LogP contribution in [0.5, 0.6) is 0 Å². The number of unbranched alkanes of at least 4 members (excludes halogenated alkanes) is 5. The Morgan fingerprint density at radius 1 is 0.818 bits per heavy atom. The third kappa shape index (κ3) is 15.9. The van der Waals surface area contributed by atoms with Crippen LogP contribution in [-0.2, 0) is 9.05 Å². The van der Waals surface area contributed by atoms with Crippen molar-refractivity contribution in [1.82, 2.24) is 0 Å². The molecule has 134 valence electrons. The average Bonchev–Trinajstić information content (AvgIpc) is 2.50. The maximum absolute atomic E-state index is 9.67. The van der Waals surface area contributed by atoms with Gasteiger partial charge in [0.15, 0.2) is 0 Å². The van der Waals surface area contributed by atoms with Crippen LogP contribution in [0.2, 0.25) is 0 Å². The molecule has 0 saturated carbocycles. The largest absolute Gasteiger partial charge is 0.329 e. The molecule has 0 radical (unpaired) electrons. The Kier molecular flexibility index (Phi) is 17.6. The van der Waals surface area contributed by atoms with Crippen molar-refractivity contribution in [2.75, 3.05) is 13.2 Å². The molecule has 3 nitrogen and oxygen atoms in total. The van der Waals surface area contributed by atoms with Crippen molar-refractivity contribution in [3.05, 3.63) is 0 Å². The van der Waals surface area contributed by atoms with Crippen LogP contribution in [0.4, 0.5) is 0 Å². The fourth-order valence-corrected chi connectivity index (χ4v) is 3.57. The second-order valence-corrected chi connectivity index (χ2v) is 8.26. The van der Waals surface area contributed by atoms with E-state index in [9.17, 15) is 4.89 Å². The van der Waals surface area contributed by atoms with Gasteiger partial charge in [0.05, 0.1) is 13.2 Å². The van der Waals surface area contributed by atoms with Gasteiger partial charge in [-0.1, -0.05) is 52.4 Å². The predicted molar refractivity (Wildman–Crippen MR) is 104 cm³/mol. The van der Waals surface area contributed by atoms with Gasteiger partial charge in [-0.05, 0) is 25.7 Å². The van der Waals surface area contributed by atoms with Crippen LogP contribution in [0, 0.1) is 0 Å². The van der Waals surface area contributed by atoms with Crippen LogP contribution in [0.15, 0.2) is 0 Å². The van der Waals surface area contributed by atoms with Crippen LogP contribution < -0.4 is 0 Å². The number of thiol groups is 2. The van der Waals surface area contributed by atoms with E-state index in [1.807, 2.05) is 0 Å². The van der Waals surface area contributed by atoms with Crippen molar-refractivity contribution in [2.45, 2.75) is 88.6 Å². The lowest BCUT2D eigenvalue weighted by atomic mass is 10.1. The lowest BCUT2D eigenvalue weighted by molar-refractivity contribution is 0.196. The zero-order valence-electron chi connectivity index (χ0n) is 14.2. The molecule has 0 aliphatic heterocycles. The lowest BCUT2D eigenvalue weighted by Crippen LogP contribution is -2.11. The lowest BCUT2D eigenvalue weighted by Gasteiger charge is -2.16. The summed E-state index contributed by atoms with van der Waals surface area (Å²) in [5, 5.41) is 0.584. The summed E-state index contributed by atoms with van der Waals surface area (Å²) in [5.41, 5.74) is 0. The molecule has 22 heavy (non-hydrogen) atoms. The molecule has 0 aromatic rings. The third-order valence-electron chi connectivity index (χ3n) is 3.53. The SMILES string of the molecule is CCCCCCCCOP(O)OCC(S)CCC(S)CCC. The van der Waals surface area contributed by atoms with Gasteiger partial charge in [0.1, 0.15) is 0 Å². The molecular weight excluding hydrogens is 335 g/mol. The first-order chi connectivity index (χ1) is 10.6. The number of rotatable bonds is 16. The van der Waals surface area contributed by atoms with Crippen molar-refractivity contribution in [2.24, 2.45) is 0 Å². The molecule has 0 rings (SSSR count). The zero-order chi connectivity index (χ0) is 16.6. The second kappa shape index (κ2) is 16.9. The molecule has 6 heteroatoms. The monoisotopic (exact) mass is 370 g/mol.